The lowest BCUT2D eigenvalue weighted by atomic mass is 10.0. The quantitative estimate of drug-likeness (QED) is 0.864. The number of rotatable bonds is 5. The fraction of sp³-hybridized carbons (Fsp3) is 0.500. The van der Waals surface area contributed by atoms with Gasteiger partial charge in [-0.15, -0.1) is 0 Å². The summed E-state index contributed by atoms with van der Waals surface area (Å²) in [4.78, 5) is 0. The predicted octanol–water partition coefficient (Wildman–Crippen LogP) is 3.16. The van der Waals surface area contributed by atoms with E-state index in [-0.39, 0.29) is 6.04 Å². The summed E-state index contributed by atoms with van der Waals surface area (Å²) < 4.78 is 10.4. The first-order valence-electron chi connectivity index (χ1n) is 5.31. The van der Waals surface area contributed by atoms with Gasteiger partial charge in [0.2, 0.25) is 0 Å². The summed E-state index contributed by atoms with van der Waals surface area (Å²) in [6, 6.07) is 3.67. The molecule has 0 heterocycles. The third kappa shape index (κ3) is 2.60. The summed E-state index contributed by atoms with van der Waals surface area (Å²) in [5.74, 6) is 1.22. The molecule has 0 saturated carbocycles. The molecule has 0 spiro atoms. The predicted molar refractivity (Wildman–Crippen MR) is 66.4 cm³/mol. The zero-order chi connectivity index (χ0) is 12.1. The van der Waals surface area contributed by atoms with Crippen molar-refractivity contribution in [3.05, 3.63) is 22.7 Å². The van der Waals surface area contributed by atoms with Crippen LogP contribution in [-0.2, 0) is 0 Å². The topological polar surface area (TPSA) is 44.5 Å². The molecule has 0 aromatic heterocycles. The van der Waals surface area contributed by atoms with Crippen molar-refractivity contribution < 1.29 is 9.47 Å². The molecule has 0 aliphatic heterocycles. The normalized spacial score (nSPS) is 12.3. The zero-order valence-electron chi connectivity index (χ0n) is 9.92. The third-order valence-corrected chi connectivity index (χ3v) is 2.87. The molecule has 0 radical (unpaired) electrons. The number of hydrogen-bond acceptors (Lipinski definition) is 3. The van der Waals surface area contributed by atoms with Crippen LogP contribution < -0.4 is 15.2 Å². The van der Waals surface area contributed by atoms with Crippen molar-refractivity contribution in [3.8, 4) is 11.5 Å². The lowest BCUT2D eigenvalue weighted by molar-refractivity contribution is 0.388. The minimum atomic E-state index is -0.0524. The Kier molecular flexibility index (Phi) is 4.90. The number of benzene rings is 1. The fourth-order valence-corrected chi connectivity index (χ4v) is 2.00. The van der Waals surface area contributed by atoms with Gasteiger partial charge < -0.3 is 15.2 Å². The molecule has 90 valence electrons. The Morgan fingerprint density at radius 1 is 1.31 bits per heavy atom. The minimum absolute atomic E-state index is 0.0524. The van der Waals surface area contributed by atoms with E-state index in [0.29, 0.717) is 16.5 Å². The highest BCUT2D eigenvalue weighted by Gasteiger charge is 2.17. The molecule has 1 rings (SSSR count). The number of halogens is 1. The second-order valence-electron chi connectivity index (χ2n) is 3.60. The number of ether oxygens (including phenoxy) is 2. The van der Waals surface area contributed by atoms with E-state index in [4.69, 9.17) is 26.8 Å². The molecule has 0 fully saturated rings. The van der Waals surface area contributed by atoms with Crippen molar-refractivity contribution in [2.45, 2.75) is 25.8 Å². The highest BCUT2D eigenvalue weighted by atomic mass is 35.5. The zero-order valence-corrected chi connectivity index (χ0v) is 10.7. The Morgan fingerprint density at radius 3 is 2.50 bits per heavy atom. The standard InChI is InChI=1S/C12H18ClNO2/c1-4-5-9(14)8-6-7-10(15-2)11(13)12(8)16-3/h6-7,9H,4-5,14H2,1-3H3. The summed E-state index contributed by atoms with van der Waals surface area (Å²) in [5.41, 5.74) is 6.99. The molecule has 4 heteroatoms. The summed E-state index contributed by atoms with van der Waals surface area (Å²) in [5, 5.41) is 0.481. The van der Waals surface area contributed by atoms with Crippen LogP contribution in [-0.4, -0.2) is 14.2 Å². The van der Waals surface area contributed by atoms with Crippen molar-refractivity contribution in [2.75, 3.05) is 14.2 Å². The molecule has 16 heavy (non-hydrogen) atoms. The van der Waals surface area contributed by atoms with Crippen LogP contribution >= 0.6 is 11.6 Å². The van der Waals surface area contributed by atoms with Crippen molar-refractivity contribution in [1.29, 1.82) is 0 Å². The van der Waals surface area contributed by atoms with Crippen LogP contribution in [0.1, 0.15) is 31.4 Å². The maximum Gasteiger partial charge on any atom is 0.146 e. The molecule has 0 amide bonds. The second-order valence-corrected chi connectivity index (χ2v) is 3.98. The van der Waals surface area contributed by atoms with Gasteiger partial charge in [0.05, 0.1) is 14.2 Å². The summed E-state index contributed by atoms with van der Waals surface area (Å²) in [7, 11) is 3.16. The maximum absolute atomic E-state index is 6.15. The van der Waals surface area contributed by atoms with Gasteiger partial charge in [-0.25, -0.2) is 0 Å². The second kappa shape index (κ2) is 5.97. The van der Waals surface area contributed by atoms with Crippen molar-refractivity contribution in [2.24, 2.45) is 5.73 Å². The Labute approximate surface area is 101 Å². The average molecular weight is 244 g/mol. The Hall–Kier alpha value is -0.930. The molecular formula is C12H18ClNO2. The first-order chi connectivity index (χ1) is 7.65. The SMILES string of the molecule is CCCC(N)c1ccc(OC)c(Cl)c1OC. The molecule has 3 nitrogen and oxygen atoms in total. The Morgan fingerprint density at radius 2 is 2.00 bits per heavy atom. The molecule has 1 aromatic carbocycles. The monoisotopic (exact) mass is 243 g/mol. The number of nitrogens with two attached hydrogens (primary N) is 1. The molecule has 0 saturated heterocycles. The van der Waals surface area contributed by atoms with Crippen LogP contribution in [0.4, 0.5) is 0 Å². The van der Waals surface area contributed by atoms with Gasteiger partial charge >= 0.3 is 0 Å². The van der Waals surface area contributed by atoms with Gasteiger partial charge in [0.15, 0.2) is 0 Å². The molecule has 0 aliphatic carbocycles. The van der Waals surface area contributed by atoms with E-state index < -0.39 is 0 Å². The molecule has 0 aliphatic rings. The fourth-order valence-electron chi connectivity index (χ4n) is 1.68. The third-order valence-electron chi connectivity index (χ3n) is 2.52. The van der Waals surface area contributed by atoms with Crippen molar-refractivity contribution >= 4 is 11.6 Å². The van der Waals surface area contributed by atoms with E-state index in [2.05, 4.69) is 6.92 Å². The van der Waals surface area contributed by atoms with Gasteiger partial charge in [0.1, 0.15) is 16.5 Å². The Balaban J connectivity index is 3.14. The highest BCUT2D eigenvalue weighted by Crippen LogP contribution is 2.39. The molecule has 2 N–H and O–H groups in total. The van der Waals surface area contributed by atoms with Gasteiger partial charge in [-0.2, -0.15) is 0 Å². The summed E-state index contributed by atoms with van der Waals surface area (Å²) >= 11 is 6.15. The van der Waals surface area contributed by atoms with Gasteiger partial charge in [-0.1, -0.05) is 24.9 Å². The van der Waals surface area contributed by atoms with E-state index >= 15 is 0 Å². The molecule has 1 aromatic rings. The largest absolute Gasteiger partial charge is 0.495 e. The van der Waals surface area contributed by atoms with E-state index in [9.17, 15) is 0 Å². The Bertz CT molecular complexity index is 355. The van der Waals surface area contributed by atoms with E-state index in [1.807, 2.05) is 12.1 Å². The average Bonchev–Trinajstić information content (AvgIpc) is 2.28. The van der Waals surface area contributed by atoms with Crippen LogP contribution in [0, 0.1) is 0 Å². The molecular weight excluding hydrogens is 226 g/mol. The lowest BCUT2D eigenvalue weighted by Gasteiger charge is -2.17. The smallest absolute Gasteiger partial charge is 0.146 e. The first kappa shape index (κ1) is 13.1. The van der Waals surface area contributed by atoms with Crippen LogP contribution in [0.25, 0.3) is 0 Å². The van der Waals surface area contributed by atoms with E-state index in [1.165, 1.54) is 0 Å². The van der Waals surface area contributed by atoms with Gasteiger partial charge in [0, 0.05) is 11.6 Å². The van der Waals surface area contributed by atoms with Crippen molar-refractivity contribution in [3.63, 3.8) is 0 Å². The summed E-state index contributed by atoms with van der Waals surface area (Å²) in [6.45, 7) is 2.09. The minimum Gasteiger partial charge on any atom is -0.495 e. The van der Waals surface area contributed by atoms with Crippen LogP contribution in [0.5, 0.6) is 11.5 Å². The van der Waals surface area contributed by atoms with E-state index in [1.54, 1.807) is 14.2 Å². The van der Waals surface area contributed by atoms with Crippen LogP contribution in [0.2, 0.25) is 5.02 Å². The van der Waals surface area contributed by atoms with Crippen LogP contribution in [0.15, 0.2) is 12.1 Å². The number of methoxy groups -OCH3 is 2. The summed E-state index contributed by atoms with van der Waals surface area (Å²) in [6.07, 6.45) is 1.92. The van der Waals surface area contributed by atoms with Crippen molar-refractivity contribution in [1.82, 2.24) is 0 Å². The van der Waals surface area contributed by atoms with Gasteiger partial charge in [0.25, 0.3) is 0 Å². The molecule has 1 atom stereocenters. The van der Waals surface area contributed by atoms with E-state index in [0.717, 1.165) is 18.4 Å². The maximum atomic E-state index is 6.15. The van der Waals surface area contributed by atoms with Crippen LogP contribution in [0.3, 0.4) is 0 Å². The molecule has 0 bridgehead atoms. The van der Waals surface area contributed by atoms with Gasteiger partial charge in [-0.05, 0) is 18.6 Å². The first-order valence-corrected chi connectivity index (χ1v) is 5.69. The lowest BCUT2D eigenvalue weighted by Crippen LogP contribution is -2.11. The number of hydrogen-bond donors (Lipinski definition) is 1. The van der Waals surface area contributed by atoms with Gasteiger partial charge in [-0.3, -0.25) is 0 Å². The molecule has 1 unspecified atom stereocenters. The highest BCUT2D eigenvalue weighted by molar-refractivity contribution is 6.33.